The van der Waals surface area contributed by atoms with Crippen LogP contribution in [0.15, 0.2) is 38.8 Å². The predicted molar refractivity (Wildman–Crippen MR) is 72.4 cm³/mol. The Kier molecular flexibility index (Phi) is 5.28. The van der Waals surface area contributed by atoms with Gasteiger partial charge in [0.25, 0.3) is 0 Å². The molecule has 0 bridgehead atoms. The van der Waals surface area contributed by atoms with Crippen LogP contribution in [0.2, 0.25) is 0 Å². The Balaban J connectivity index is 0.00000128. The van der Waals surface area contributed by atoms with E-state index in [9.17, 15) is 0 Å². The minimum Gasteiger partial charge on any atom is -0.353 e. The van der Waals surface area contributed by atoms with E-state index in [2.05, 4.69) is 36.8 Å². The van der Waals surface area contributed by atoms with E-state index in [1.54, 1.807) is 6.21 Å². The van der Waals surface area contributed by atoms with Crippen LogP contribution in [0.25, 0.3) is 0 Å². The molecule has 2 N–H and O–H groups in total. The summed E-state index contributed by atoms with van der Waals surface area (Å²) >= 11 is 3.45. The van der Waals surface area contributed by atoms with Crippen molar-refractivity contribution >= 4 is 40.5 Å². The second-order valence-electron chi connectivity index (χ2n) is 3.05. The summed E-state index contributed by atoms with van der Waals surface area (Å²) in [6.45, 7) is 1.69. The Labute approximate surface area is 109 Å². The molecule has 0 radical (unpaired) electrons. The monoisotopic (exact) mass is 302 g/mol. The molecule has 0 unspecified atom stereocenters. The number of nitrogens with zero attached hydrogens (tertiary/aromatic N) is 2. The molecule has 1 heterocycles. The van der Waals surface area contributed by atoms with Gasteiger partial charge in [-0.2, -0.15) is 5.10 Å². The molecule has 0 spiro atoms. The van der Waals surface area contributed by atoms with Gasteiger partial charge in [0.2, 0.25) is 5.96 Å². The fourth-order valence-electron chi connectivity index (χ4n) is 1.22. The van der Waals surface area contributed by atoms with Gasteiger partial charge in [-0.1, -0.05) is 34.1 Å². The first-order valence-electron chi connectivity index (χ1n) is 4.68. The van der Waals surface area contributed by atoms with Crippen LogP contribution in [0.1, 0.15) is 5.56 Å². The van der Waals surface area contributed by atoms with Crippen LogP contribution in [0.3, 0.4) is 0 Å². The second-order valence-corrected chi connectivity index (χ2v) is 3.90. The zero-order valence-electron chi connectivity index (χ0n) is 8.48. The highest BCUT2D eigenvalue weighted by atomic mass is 79.9. The molecule has 0 amide bonds. The molecule has 0 saturated heterocycles. The highest BCUT2D eigenvalue weighted by Crippen LogP contribution is 2.13. The minimum absolute atomic E-state index is 0. The van der Waals surface area contributed by atoms with Gasteiger partial charge in [-0.25, -0.2) is 10.4 Å². The average molecular weight is 304 g/mol. The average Bonchev–Trinajstić information content (AvgIpc) is 2.74. The Hall–Kier alpha value is -1.07. The number of halogens is 2. The van der Waals surface area contributed by atoms with Crippen molar-refractivity contribution in [3.8, 4) is 0 Å². The number of guanidine groups is 1. The summed E-state index contributed by atoms with van der Waals surface area (Å²) in [5.41, 5.74) is 3.88. The first-order chi connectivity index (χ1) is 7.36. The summed E-state index contributed by atoms with van der Waals surface area (Å²) in [7, 11) is 0. The van der Waals surface area contributed by atoms with Crippen LogP contribution in [-0.4, -0.2) is 25.3 Å². The summed E-state index contributed by atoms with van der Waals surface area (Å²) in [6, 6.07) is 7.90. The number of nitrogens with one attached hydrogen (secondary N) is 2. The van der Waals surface area contributed by atoms with Gasteiger partial charge in [0, 0.05) is 16.6 Å². The van der Waals surface area contributed by atoms with Crippen LogP contribution in [0, 0.1) is 0 Å². The van der Waals surface area contributed by atoms with Crippen molar-refractivity contribution in [2.24, 2.45) is 10.1 Å². The fourth-order valence-corrected chi connectivity index (χ4v) is 1.60. The topological polar surface area (TPSA) is 48.8 Å². The maximum atomic E-state index is 4.16. The molecule has 0 aromatic heterocycles. The smallest absolute Gasteiger partial charge is 0.212 e. The lowest BCUT2D eigenvalue weighted by Gasteiger charge is -2.00. The van der Waals surface area contributed by atoms with E-state index in [0.717, 1.165) is 29.1 Å². The number of hydrogen-bond acceptors (Lipinski definition) is 4. The quantitative estimate of drug-likeness (QED) is 0.646. The highest BCUT2D eigenvalue weighted by molar-refractivity contribution is 9.10. The largest absolute Gasteiger partial charge is 0.353 e. The van der Waals surface area contributed by atoms with Crippen LogP contribution < -0.4 is 10.7 Å². The summed E-state index contributed by atoms with van der Waals surface area (Å²) in [6.07, 6.45) is 1.76. The van der Waals surface area contributed by atoms with Gasteiger partial charge < -0.3 is 5.32 Å². The second kappa shape index (κ2) is 6.50. The van der Waals surface area contributed by atoms with E-state index in [1.807, 2.05) is 24.3 Å². The van der Waals surface area contributed by atoms with Crippen molar-refractivity contribution in [1.82, 2.24) is 10.7 Å². The van der Waals surface area contributed by atoms with E-state index < -0.39 is 0 Å². The molecule has 1 aliphatic rings. The third kappa shape index (κ3) is 3.50. The van der Waals surface area contributed by atoms with Gasteiger partial charge in [-0.3, -0.25) is 0 Å². The summed E-state index contributed by atoms with van der Waals surface area (Å²) in [4.78, 5) is 4.16. The first kappa shape index (κ1) is 13.0. The molecule has 1 aromatic rings. The Morgan fingerprint density at radius 2 is 2.25 bits per heavy atom. The number of benzene rings is 1. The van der Waals surface area contributed by atoms with E-state index in [-0.39, 0.29) is 12.4 Å². The van der Waals surface area contributed by atoms with Crippen molar-refractivity contribution in [2.75, 3.05) is 13.1 Å². The molecule has 0 aliphatic carbocycles. The van der Waals surface area contributed by atoms with E-state index in [4.69, 9.17) is 0 Å². The molecular formula is C10H12BrClN4. The maximum Gasteiger partial charge on any atom is 0.212 e. The lowest BCUT2D eigenvalue weighted by atomic mass is 10.2. The van der Waals surface area contributed by atoms with Crippen molar-refractivity contribution in [2.45, 2.75) is 0 Å². The van der Waals surface area contributed by atoms with Crippen molar-refractivity contribution in [3.05, 3.63) is 34.3 Å². The van der Waals surface area contributed by atoms with Crippen LogP contribution in [-0.2, 0) is 0 Å². The maximum absolute atomic E-state index is 4.16. The van der Waals surface area contributed by atoms with Gasteiger partial charge in [-0.05, 0) is 6.07 Å². The molecule has 4 nitrogen and oxygen atoms in total. The first-order valence-corrected chi connectivity index (χ1v) is 5.47. The Bertz CT molecular complexity index is 406. The molecule has 2 rings (SSSR count). The highest BCUT2D eigenvalue weighted by Gasteiger charge is 2.01. The molecule has 86 valence electrons. The van der Waals surface area contributed by atoms with Gasteiger partial charge >= 0.3 is 0 Å². The molecule has 1 aliphatic heterocycles. The Morgan fingerprint density at radius 3 is 2.94 bits per heavy atom. The molecule has 0 saturated carbocycles. The van der Waals surface area contributed by atoms with Crippen LogP contribution in [0.4, 0.5) is 0 Å². The number of rotatable bonds is 2. The third-order valence-electron chi connectivity index (χ3n) is 1.95. The standard InChI is InChI=1S/C10H11BrN4.ClH/c11-9-4-2-1-3-8(9)7-14-15-10-12-5-6-13-10;/h1-4,7H,5-6H2,(H2,12,13,15);1H. The number of hydrogen-bond donors (Lipinski definition) is 2. The zero-order chi connectivity index (χ0) is 10.5. The van der Waals surface area contributed by atoms with Gasteiger partial charge in [0.05, 0.1) is 12.8 Å². The summed E-state index contributed by atoms with van der Waals surface area (Å²) < 4.78 is 1.02. The zero-order valence-corrected chi connectivity index (χ0v) is 10.9. The van der Waals surface area contributed by atoms with Crippen LogP contribution >= 0.6 is 28.3 Å². The van der Waals surface area contributed by atoms with Crippen molar-refractivity contribution in [1.29, 1.82) is 0 Å². The molecule has 0 fully saturated rings. The predicted octanol–water partition coefficient (Wildman–Crippen LogP) is 1.75. The van der Waals surface area contributed by atoms with Gasteiger partial charge in [0.15, 0.2) is 0 Å². The molecule has 1 aromatic carbocycles. The molecule has 0 atom stereocenters. The summed E-state index contributed by atoms with van der Waals surface area (Å²) in [5.74, 6) is 0.735. The van der Waals surface area contributed by atoms with Crippen molar-refractivity contribution < 1.29 is 0 Å². The van der Waals surface area contributed by atoms with Crippen molar-refractivity contribution in [3.63, 3.8) is 0 Å². The SMILES string of the molecule is Brc1ccccc1C=NNC1=NCCN1.Cl. The van der Waals surface area contributed by atoms with Crippen LogP contribution in [0.5, 0.6) is 0 Å². The Morgan fingerprint density at radius 1 is 1.44 bits per heavy atom. The molecule has 16 heavy (non-hydrogen) atoms. The minimum atomic E-state index is 0. The third-order valence-corrected chi connectivity index (χ3v) is 2.68. The number of hydrazone groups is 1. The molecular weight excluding hydrogens is 291 g/mol. The lowest BCUT2D eigenvalue weighted by molar-refractivity contribution is 0.920. The van der Waals surface area contributed by atoms with E-state index in [0.29, 0.717) is 0 Å². The number of aliphatic imine (C=N–C) groups is 1. The lowest BCUT2D eigenvalue weighted by Crippen LogP contribution is -2.30. The van der Waals surface area contributed by atoms with Gasteiger partial charge in [-0.15, -0.1) is 12.4 Å². The van der Waals surface area contributed by atoms with Gasteiger partial charge in [0.1, 0.15) is 0 Å². The summed E-state index contributed by atoms with van der Waals surface area (Å²) in [5, 5.41) is 7.16. The molecule has 6 heteroatoms. The van der Waals surface area contributed by atoms with E-state index in [1.165, 1.54) is 0 Å². The normalized spacial score (nSPS) is 14.2. The van der Waals surface area contributed by atoms with E-state index >= 15 is 0 Å². The fraction of sp³-hybridized carbons (Fsp3) is 0.200.